The minimum absolute atomic E-state index is 0.437. The molecule has 3 N–H and O–H groups in total. The van der Waals surface area contributed by atoms with Gasteiger partial charge in [-0.3, -0.25) is 0 Å². The van der Waals surface area contributed by atoms with Gasteiger partial charge in [0, 0.05) is 18.0 Å². The molecule has 0 unspecified atom stereocenters. The second-order valence-corrected chi connectivity index (χ2v) is 3.51. The Morgan fingerprint density at radius 3 is 2.91 bits per heavy atom. The van der Waals surface area contributed by atoms with Gasteiger partial charge in [0.05, 0.1) is 5.69 Å². The van der Waals surface area contributed by atoms with Crippen LogP contribution in [-0.2, 0) is 6.54 Å². The van der Waals surface area contributed by atoms with E-state index in [1.165, 1.54) is 0 Å². The monoisotopic (exact) mass is 171 g/mol. The summed E-state index contributed by atoms with van der Waals surface area (Å²) in [6.07, 6.45) is 0. The van der Waals surface area contributed by atoms with E-state index in [1.807, 2.05) is 5.38 Å². The van der Waals surface area contributed by atoms with Crippen molar-refractivity contribution in [3.63, 3.8) is 0 Å². The van der Waals surface area contributed by atoms with Crippen molar-refractivity contribution in [1.82, 2.24) is 4.98 Å². The van der Waals surface area contributed by atoms with Gasteiger partial charge >= 0.3 is 0 Å². The molecule has 11 heavy (non-hydrogen) atoms. The number of hydrogen-bond acceptors (Lipinski definition) is 4. The summed E-state index contributed by atoms with van der Waals surface area (Å²) in [4.78, 5) is 4.25. The van der Waals surface area contributed by atoms with Crippen LogP contribution in [0.1, 0.15) is 19.5 Å². The summed E-state index contributed by atoms with van der Waals surface area (Å²) in [5.41, 5.74) is 6.37. The van der Waals surface area contributed by atoms with Crippen LogP contribution in [0.4, 0.5) is 5.13 Å². The van der Waals surface area contributed by atoms with Gasteiger partial charge in [-0.25, -0.2) is 4.98 Å². The third-order valence-electron chi connectivity index (χ3n) is 1.17. The van der Waals surface area contributed by atoms with Crippen LogP contribution in [0, 0.1) is 0 Å². The number of anilines is 1. The minimum atomic E-state index is 0.437. The van der Waals surface area contributed by atoms with E-state index < -0.39 is 0 Å². The van der Waals surface area contributed by atoms with Crippen LogP contribution < -0.4 is 11.1 Å². The number of aromatic nitrogens is 1. The number of rotatable bonds is 3. The van der Waals surface area contributed by atoms with E-state index in [0.29, 0.717) is 12.6 Å². The Labute approximate surface area is 70.6 Å². The summed E-state index contributed by atoms with van der Waals surface area (Å²) < 4.78 is 0. The van der Waals surface area contributed by atoms with Crippen LogP contribution in [0.25, 0.3) is 0 Å². The van der Waals surface area contributed by atoms with Gasteiger partial charge < -0.3 is 11.1 Å². The maximum Gasteiger partial charge on any atom is 0.183 e. The average Bonchev–Trinajstić information content (AvgIpc) is 2.34. The molecule has 0 fully saturated rings. The Bertz CT molecular complexity index is 219. The molecule has 0 aliphatic heterocycles. The van der Waals surface area contributed by atoms with Crippen molar-refractivity contribution < 1.29 is 0 Å². The van der Waals surface area contributed by atoms with Gasteiger partial charge in [-0.1, -0.05) is 0 Å². The molecule has 0 bridgehead atoms. The minimum Gasteiger partial charge on any atom is -0.359 e. The first-order valence-corrected chi connectivity index (χ1v) is 4.51. The van der Waals surface area contributed by atoms with Gasteiger partial charge in [0.25, 0.3) is 0 Å². The number of hydrogen-bond donors (Lipinski definition) is 2. The Hall–Kier alpha value is -0.610. The predicted molar refractivity (Wildman–Crippen MR) is 48.8 cm³/mol. The number of nitrogens with two attached hydrogens (primary N) is 1. The molecule has 0 aliphatic rings. The molecule has 0 amide bonds. The third kappa shape index (κ3) is 2.48. The molecular formula is C7H13N3S. The summed E-state index contributed by atoms with van der Waals surface area (Å²) in [6.45, 7) is 4.70. The maximum atomic E-state index is 5.41. The molecule has 1 aromatic rings. The van der Waals surface area contributed by atoms with Crippen molar-refractivity contribution in [2.75, 3.05) is 5.32 Å². The van der Waals surface area contributed by atoms with Crippen LogP contribution in [0.2, 0.25) is 0 Å². The first-order valence-electron chi connectivity index (χ1n) is 3.63. The van der Waals surface area contributed by atoms with Crippen molar-refractivity contribution >= 4 is 16.5 Å². The zero-order chi connectivity index (χ0) is 8.27. The topological polar surface area (TPSA) is 50.9 Å². The van der Waals surface area contributed by atoms with E-state index >= 15 is 0 Å². The van der Waals surface area contributed by atoms with E-state index in [2.05, 4.69) is 24.1 Å². The largest absolute Gasteiger partial charge is 0.359 e. The molecule has 0 saturated carbocycles. The van der Waals surface area contributed by atoms with Crippen molar-refractivity contribution in [1.29, 1.82) is 0 Å². The third-order valence-corrected chi connectivity index (χ3v) is 2.00. The highest BCUT2D eigenvalue weighted by Crippen LogP contribution is 2.15. The second kappa shape index (κ2) is 3.69. The Kier molecular flexibility index (Phi) is 2.84. The second-order valence-electron chi connectivity index (χ2n) is 2.65. The van der Waals surface area contributed by atoms with E-state index in [9.17, 15) is 0 Å². The fourth-order valence-corrected chi connectivity index (χ4v) is 1.58. The van der Waals surface area contributed by atoms with Gasteiger partial charge in [0.1, 0.15) is 0 Å². The molecule has 1 rings (SSSR count). The zero-order valence-electron chi connectivity index (χ0n) is 6.79. The lowest BCUT2D eigenvalue weighted by molar-refractivity contribution is 0.891. The first kappa shape index (κ1) is 8.49. The first-order chi connectivity index (χ1) is 5.22. The van der Waals surface area contributed by atoms with Gasteiger partial charge in [-0.2, -0.15) is 0 Å². The maximum absolute atomic E-state index is 5.41. The summed E-state index contributed by atoms with van der Waals surface area (Å²) in [6, 6.07) is 0.437. The van der Waals surface area contributed by atoms with Crippen LogP contribution in [0.3, 0.4) is 0 Å². The molecule has 0 saturated heterocycles. The molecule has 4 heteroatoms. The van der Waals surface area contributed by atoms with Crippen LogP contribution in [0.15, 0.2) is 5.38 Å². The summed E-state index contributed by atoms with van der Waals surface area (Å²) in [5.74, 6) is 0. The van der Waals surface area contributed by atoms with Gasteiger partial charge in [-0.15, -0.1) is 11.3 Å². The number of thiazole rings is 1. The molecule has 0 radical (unpaired) electrons. The number of nitrogens with one attached hydrogen (secondary N) is 1. The highest BCUT2D eigenvalue weighted by molar-refractivity contribution is 7.13. The Balaban J connectivity index is 2.58. The van der Waals surface area contributed by atoms with Gasteiger partial charge in [0.2, 0.25) is 0 Å². The fraction of sp³-hybridized carbons (Fsp3) is 0.571. The molecular weight excluding hydrogens is 158 g/mol. The molecule has 0 atom stereocenters. The highest BCUT2D eigenvalue weighted by atomic mass is 32.1. The zero-order valence-corrected chi connectivity index (χ0v) is 7.61. The molecule has 0 spiro atoms. The quantitative estimate of drug-likeness (QED) is 0.723. The van der Waals surface area contributed by atoms with Crippen LogP contribution in [-0.4, -0.2) is 11.0 Å². The van der Waals surface area contributed by atoms with Crippen LogP contribution in [0.5, 0.6) is 0 Å². The molecule has 1 aromatic heterocycles. The Morgan fingerprint density at radius 1 is 1.73 bits per heavy atom. The predicted octanol–water partition coefficient (Wildman–Crippen LogP) is 1.42. The van der Waals surface area contributed by atoms with Gasteiger partial charge in [-0.05, 0) is 13.8 Å². The molecule has 3 nitrogen and oxygen atoms in total. The van der Waals surface area contributed by atoms with E-state index in [-0.39, 0.29) is 0 Å². The molecule has 0 aliphatic carbocycles. The lowest BCUT2D eigenvalue weighted by atomic mass is 10.4. The Morgan fingerprint density at radius 2 is 2.45 bits per heavy atom. The van der Waals surface area contributed by atoms with Crippen molar-refractivity contribution in [2.45, 2.75) is 26.4 Å². The van der Waals surface area contributed by atoms with Crippen molar-refractivity contribution in [3.05, 3.63) is 11.1 Å². The summed E-state index contributed by atoms with van der Waals surface area (Å²) >= 11 is 1.60. The van der Waals surface area contributed by atoms with Crippen LogP contribution >= 0.6 is 11.3 Å². The number of nitrogens with zero attached hydrogens (tertiary/aromatic N) is 1. The lowest BCUT2D eigenvalue weighted by Gasteiger charge is -2.03. The molecule has 0 aromatic carbocycles. The van der Waals surface area contributed by atoms with E-state index in [0.717, 1.165) is 10.8 Å². The lowest BCUT2D eigenvalue weighted by Crippen LogP contribution is -2.09. The summed E-state index contributed by atoms with van der Waals surface area (Å²) in [7, 11) is 0. The average molecular weight is 171 g/mol. The fourth-order valence-electron chi connectivity index (χ4n) is 0.714. The smallest absolute Gasteiger partial charge is 0.183 e. The van der Waals surface area contributed by atoms with E-state index in [4.69, 9.17) is 5.73 Å². The molecule has 62 valence electrons. The molecule has 1 heterocycles. The standard InChI is InChI=1S/C7H13N3S/c1-5(2)9-7-10-6(3-8)4-11-7/h4-5H,3,8H2,1-2H3,(H,9,10). The van der Waals surface area contributed by atoms with Crippen molar-refractivity contribution in [2.24, 2.45) is 5.73 Å². The SMILES string of the molecule is CC(C)Nc1nc(CN)cs1. The van der Waals surface area contributed by atoms with Crippen molar-refractivity contribution in [3.8, 4) is 0 Å². The normalized spacial score (nSPS) is 10.5. The highest BCUT2D eigenvalue weighted by Gasteiger charge is 2.00. The summed E-state index contributed by atoms with van der Waals surface area (Å²) in [5, 5.41) is 6.15. The van der Waals surface area contributed by atoms with Gasteiger partial charge in [0.15, 0.2) is 5.13 Å². The van der Waals surface area contributed by atoms with E-state index in [1.54, 1.807) is 11.3 Å².